The molecule has 1 aliphatic heterocycles. The molecule has 2 heterocycles. The lowest BCUT2D eigenvalue weighted by molar-refractivity contribution is -0.115. The molecule has 7 heteroatoms. The highest BCUT2D eigenvalue weighted by Gasteiger charge is 2.26. The van der Waals surface area contributed by atoms with Crippen molar-refractivity contribution in [2.75, 3.05) is 10.7 Å². The van der Waals surface area contributed by atoms with Crippen molar-refractivity contribution < 1.29 is 13.6 Å². The third-order valence-electron chi connectivity index (χ3n) is 5.19. The van der Waals surface area contributed by atoms with E-state index in [0.717, 1.165) is 35.3 Å². The van der Waals surface area contributed by atoms with Gasteiger partial charge < -0.3 is 4.42 Å². The van der Waals surface area contributed by atoms with Crippen LogP contribution in [0.1, 0.15) is 11.1 Å². The summed E-state index contributed by atoms with van der Waals surface area (Å²) >= 11 is 1.19. The van der Waals surface area contributed by atoms with Crippen LogP contribution in [0.3, 0.4) is 0 Å². The van der Waals surface area contributed by atoms with Crippen molar-refractivity contribution in [3.8, 4) is 11.5 Å². The van der Waals surface area contributed by atoms with Crippen LogP contribution in [0, 0.1) is 5.82 Å². The second-order valence-electron chi connectivity index (χ2n) is 7.16. The zero-order valence-electron chi connectivity index (χ0n) is 16.5. The summed E-state index contributed by atoms with van der Waals surface area (Å²) in [6.07, 6.45) is 1.77. The standard InChI is InChI=1S/C24H18FN3O2S/c25-19-13-11-18(12-14-19)23-26-27-24(30-23)31-15-22(29)28-20-7-3-1-5-16(20)9-10-17-6-2-4-8-21(17)28/h1-8,11-14H,9-10,15H2. The Labute approximate surface area is 182 Å². The van der Waals surface area contributed by atoms with Gasteiger partial charge in [0.1, 0.15) is 5.82 Å². The van der Waals surface area contributed by atoms with Crippen molar-refractivity contribution in [2.45, 2.75) is 18.1 Å². The molecule has 5 nitrogen and oxygen atoms in total. The molecule has 1 amide bonds. The molecule has 4 aromatic rings. The molecule has 0 bridgehead atoms. The Hall–Kier alpha value is -3.45. The Morgan fingerprint density at radius 1 is 0.903 bits per heavy atom. The molecule has 0 radical (unpaired) electrons. The highest BCUT2D eigenvalue weighted by molar-refractivity contribution is 7.99. The summed E-state index contributed by atoms with van der Waals surface area (Å²) in [7, 11) is 0. The molecule has 0 unspecified atom stereocenters. The first kappa shape index (κ1) is 19.5. The zero-order valence-corrected chi connectivity index (χ0v) is 17.3. The molecule has 3 aromatic carbocycles. The summed E-state index contributed by atoms with van der Waals surface area (Å²) in [6, 6.07) is 21.8. The van der Waals surface area contributed by atoms with Crippen LogP contribution in [0.25, 0.3) is 11.5 Å². The van der Waals surface area contributed by atoms with Crippen LogP contribution in [-0.4, -0.2) is 21.9 Å². The monoisotopic (exact) mass is 431 g/mol. The van der Waals surface area contributed by atoms with Gasteiger partial charge in [0.05, 0.1) is 17.1 Å². The van der Waals surface area contributed by atoms with E-state index in [1.165, 1.54) is 23.9 Å². The largest absolute Gasteiger partial charge is 0.411 e. The minimum atomic E-state index is -0.332. The topological polar surface area (TPSA) is 59.2 Å². The number of aromatic nitrogens is 2. The lowest BCUT2D eigenvalue weighted by Gasteiger charge is -2.24. The smallest absolute Gasteiger partial charge is 0.277 e. The van der Waals surface area contributed by atoms with Crippen LogP contribution >= 0.6 is 11.8 Å². The van der Waals surface area contributed by atoms with E-state index >= 15 is 0 Å². The maximum Gasteiger partial charge on any atom is 0.277 e. The van der Waals surface area contributed by atoms with Gasteiger partial charge in [-0.05, 0) is 60.4 Å². The average Bonchev–Trinajstić information content (AvgIpc) is 3.20. The molecule has 154 valence electrons. The number of amides is 1. The molecule has 0 spiro atoms. The SMILES string of the molecule is O=C(CSc1nnc(-c2ccc(F)cc2)o1)N1c2ccccc2CCc2ccccc21. The average molecular weight is 431 g/mol. The van der Waals surface area contributed by atoms with Crippen molar-refractivity contribution in [1.82, 2.24) is 10.2 Å². The molecule has 0 N–H and O–H groups in total. The number of halogens is 1. The summed E-state index contributed by atoms with van der Waals surface area (Å²) in [5.41, 5.74) is 4.75. The number of carbonyl (C=O) groups excluding carboxylic acids is 1. The van der Waals surface area contributed by atoms with Crippen molar-refractivity contribution in [1.29, 1.82) is 0 Å². The molecule has 0 saturated heterocycles. The lowest BCUT2D eigenvalue weighted by Crippen LogP contribution is -2.28. The van der Waals surface area contributed by atoms with Gasteiger partial charge in [0.2, 0.25) is 11.8 Å². The predicted octanol–water partition coefficient (Wildman–Crippen LogP) is 5.43. The van der Waals surface area contributed by atoms with Gasteiger partial charge in [-0.3, -0.25) is 9.69 Å². The van der Waals surface area contributed by atoms with Gasteiger partial charge in [-0.25, -0.2) is 4.39 Å². The molecule has 5 rings (SSSR count). The van der Waals surface area contributed by atoms with Gasteiger partial charge in [-0.2, -0.15) is 0 Å². The summed E-state index contributed by atoms with van der Waals surface area (Å²) in [5, 5.41) is 8.33. The van der Waals surface area contributed by atoms with Gasteiger partial charge in [0.25, 0.3) is 5.22 Å². The maximum atomic E-state index is 13.3. The number of fused-ring (bicyclic) bond motifs is 2. The van der Waals surface area contributed by atoms with Gasteiger partial charge in [0.15, 0.2) is 0 Å². The minimum absolute atomic E-state index is 0.0617. The van der Waals surface area contributed by atoms with E-state index in [4.69, 9.17) is 4.42 Å². The van der Waals surface area contributed by atoms with E-state index in [0.29, 0.717) is 16.7 Å². The number of nitrogens with zero attached hydrogens (tertiary/aromatic N) is 3. The Balaban J connectivity index is 1.38. The Bertz CT molecular complexity index is 1190. The van der Waals surface area contributed by atoms with E-state index in [1.54, 1.807) is 17.0 Å². The number of hydrogen-bond acceptors (Lipinski definition) is 5. The Morgan fingerprint density at radius 2 is 1.52 bits per heavy atom. The van der Waals surface area contributed by atoms with E-state index < -0.39 is 0 Å². The number of aryl methyl sites for hydroxylation is 2. The quantitative estimate of drug-likeness (QED) is 0.403. The third-order valence-corrected chi connectivity index (χ3v) is 6.00. The van der Waals surface area contributed by atoms with Crippen LogP contribution in [0.4, 0.5) is 15.8 Å². The minimum Gasteiger partial charge on any atom is -0.411 e. The van der Waals surface area contributed by atoms with E-state index in [2.05, 4.69) is 22.3 Å². The van der Waals surface area contributed by atoms with Gasteiger partial charge >= 0.3 is 0 Å². The van der Waals surface area contributed by atoms with E-state index in [-0.39, 0.29) is 17.5 Å². The highest BCUT2D eigenvalue weighted by Crippen LogP contribution is 2.36. The van der Waals surface area contributed by atoms with Crippen LogP contribution in [-0.2, 0) is 17.6 Å². The molecule has 31 heavy (non-hydrogen) atoms. The molecule has 0 fully saturated rings. The fraction of sp³-hybridized carbons (Fsp3) is 0.125. The number of anilines is 2. The van der Waals surface area contributed by atoms with Crippen molar-refractivity contribution in [3.05, 3.63) is 89.7 Å². The number of rotatable bonds is 4. The lowest BCUT2D eigenvalue weighted by atomic mass is 10.0. The van der Waals surface area contributed by atoms with Crippen LogP contribution in [0.2, 0.25) is 0 Å². The number of thioether (sulfide) groups is 1. The van der Waals surface area contributed by atoms with Crippen molar-refractivity contribution in [2.24, 2.45) is 0 Å². The first-order chi connectivity index (χ1) is 15.2. The fourth-order valence-corrected chi connectivity index (χ4v) is 4.33. The first-order valence-electron chi connectivity index (χ1n) is 9.90. The van der Waals surface area contributed by atoms with Crippen molar-refractivity contribution in [3.63, 3.8) is 0 Å². The molecule has 1 aromatic heterocycles. The van der Waals surface area contributed by atoms with Crippen molar-refractivity contribution >= 4 is 29.0 Å². The summed E-state index contributed by atoms with van der Waals surface area (Å²) in [5.74, 6) is 0.0449. The number of para-hydroxylation sites is 2. The third kappa shape index (κ3) is 3.96. The zero-order chi connectivity index (χ0) is 21.2. The normalized spacial score (nSPS) is 12.7. The van der Waals surface area contributed by atoms with Gasteiger partial charge in [-0.1, -0.05) is 48.2 Å². The van der Waals surface area contributed by atoms with Gasteiger partial charge in [0, 0.05) is 5.56 Å². The molecule has 0 atom stereocenters. The molecule has 1 aliphatic rings. The highest BCUT2D eigenvalue weighted by atomic mass is 32.2. The summed E-state index contributed by atoms with van der Waals surface area (Å²) < 4.78 is 18.8. The molecule has 0 aliphatic carbocycles. The molecular weight excluding hydrogens is 413 g/mol. The molecule has 0 saturated carbocycles. The Morgan fingerprint density at radius 3 is 2.16 bits per heavy atom. The second-order valence-corrected chi connectivity index (χ2v) is 8.08. The van der Waals surface area contributed by atoms with Crippen LogP contribution in [0.5, 0.6) is 0 Å². The van der Waals surface area contributed by atoms with E-state index in [1.807, 2.05) is 36.4 Å². The fourth-order valence-electron chi connectivity index (χ4n) is 3.71. The number of hydrogen-bond donors (Lipinski definition) is 0. The second kappa shape index (κ2) is 8.35. The predicted molar refractivity (Wildman–Crippen MR) is 118 cm³/mol. The maximum absolute atomic E-state index is 13.3. The first-order valence-corrected chi connectivity index (χ1v) is 10.9. The van der Waals surface area contributed by atoms with Gasteiger partial charge in [-0.15, -0.1) is 10.2 Å². The number of benzene rings is 3. The summed E-state index contributed by atoms with van der Waals surface area (Å²) in [4.78, 5) is 15.1. The van der Waals surface area contributed by atoms with Crippen LogP contribution < -0.4 is 4.90 Å². The molecular formula is C24H18FN3O2S. The summed E-state index contributed by atoms with van der Waals surface area (Å²) in [6.45, 7) is 0. The number of carbonyl (C=O) groups is 1. The van der Waals surface area contributed by atoms with Crippen LogP contribution in [0.15, 0.2) is 82.4 Å². The van der Waals surface area contributed by atoms with E-state index in [9.17, 15) is 9.18 Å². The Kier molecular flexibility index (Phi) is 5.26.